The maximum atomic E-state index is 13.1. The summed E-state index contributed by atoms with van der Waals surface area (Å²) >= 11 is 0. The first-order valence-corrected chi connectivity index (χ1v) is 12.3. The van der Waals surface area contributed by atoms with Crippen molar-refractivity contribution in [3.8, 4) is 5.75 Å². The Morgan fingerprint density at radius 2 is 1.65 bits per heavy atom. The Balaban J connectivity index is 0.00000274. The molecule has 34 heavy (non-hydrogen) atoms. The molecule has 2 aromatic rings. The highest BCUT2D eigenvalue weighted by atomic mass is 35.5. The van der Waals surface area contributed by atoms with Crippen molar-refractivity contribution in [1.82, 2.24) is 9.80 Å². The van der Waals surface area contributed by atoms with Crippen LogP contribution in [0.2, 0.25) is 0 Å². The maximum absolute atomic E-state index is 13.1. The van der Waals surface area contributed by atoms with Crippen molar-refractivity contribution < 1.29 is 14.3 Å². The van der Waals surface area contributed by atoms with Crippen LogP contribution in [0, 0.1) is 0 Å². The first-order chi connectivity index (χ1) is 16.2. The van der Waals surface area contributed by atoms with Gasteiger partial charge in [0.2, 0.25) is 5.91 Å². The van der Waals surface area contributed by atoms with Gasteiger partial charge in [0.15, 0.2) is 0 Å². The van der Waals surface area contributed by atoms with E-state index >= 15 is 0 Å². The highest BCUT2D eigenvalue weighted by Crippen LogP contribution is 2.30. The molecule has 0 bridgehead atoms. The third kappa shape index (κ3) is 5.56. The van der Waals surface area contributed by atoms with Gasteiger partial charge in [-0.25, -0.2) is 0 Å². The molecule has 5 rings (SSSR count). The van der Waals surface area contributed by atoms with E-state index in [-0.39, 0.29) is 24.2 Å². The van der Waals surface area contributed by atoms with Gasteiger partial charge < -0.3 is 19.4 Å². The molecule has 0 N–H and O–H groups in total. The molecule has 0 spiro atoms. The second-order valence-electron chi connectivity index (χ2n) is 9.39. The molecule has 0 aliphatic carbocycles. The Bertz CT molecular complexity index is 1000. The first kappa shape index (κ1) is 24.6. The summed E-state index contributed by atoms with van der Waals surface area (Å²) in [5, 5.41) is 0. The van der Waals surface area contributed by atoms with E-state index < -0.39 is 0 Å². The molecule has 0 atom stereocenters. The molecule has 2 amide bonds. The number of anilines is 1. The average Bonchev–Trinajstić information content (AvgIpc) is 3.48. The van der Waals surface area contributed by atoms with E-state index in [9.17, 15) is 9.59 Å². The highest BCUT2D eigenvalue weighted by molar-refractivity contribution is 5.96. The number of hydrogen-bond donors (Lipinski definition) is 0. The fourth-order valence-corrected chi connectivity index (χ4v) is 5.15. The summed E-state index contributed by atoms with van der Waals surface area (Å²) in [6.07, 6.45) is 6.56. The lowest BCUT2D eigenvalue weighted by molar-refractivity contribution is -0.117. The number of piperidine rings is 1. The van der Waals surface area contributed by atoms with E-state index in [0.717, 1.165) is 48.5 Å². The topological polar surface area (TPSA) is 53.1 Å². The van der Waals surface area contributed by atoms with Gasteiger partial charge in [-0.1, -0.05) is 12.5 Å². The van der Waals surface area contributed by atoms with E-state index in [0.29, 0.717) is 31.7 Å². The minimum absolute atomic E-state index is 0. The molecule has 0 radical (unpaired) electrons. The number of rotatable bonds is 7. The summed E-state index contributed by atoms with van der Waals surface area (Å²) in [6.45, 7) is 6.21. The zero-order valence-corrected chi connectivity index (χ0v) is 20.5. The van der Waals surface area contributed by atoms with Crippen molar-refractivity contribution in [2.24, 2.45) is 0 Å². The number of carbonyl (C=O) groups is 2. The van der Waals surface area contributed by atoms with Gasteiger partial charge in [0.1, 0.15) is 5.75 Å². The Kier molecular flexibility index (Phi) is 8.11. The molecule has 3 aliphatic heterocycles. The summed E-state index contributed by atoms with van der Waals surface area (Å²) in [5.74, 6) is 1.03. The quantitative estimate of drug-likeness (QED) is 0.538. The molecular formula is C27H34ClN3O3. The summed E-state index contributed by atoms with van der Waals surface area (Å²) in [4.78, 5) is 31.4. The van der Waals surface area contributed by atoms with Crippen LogP contribution in [0.1, 0.15) is 60.0 Å². The lowest BCUT2D eigenvalue weighted by Crippen LogP contribution is -2.31. The van der Waals surface area contributed by atoms with Crippen LogP contribution in [-0.4, -0.2) is 54.4 Å². The van der Waals surface area contributed by atoms with Crippen molar-refractivity contribution in [1.29, 1.82) is 0 Å². The predicted molar refractivity (Wildman–Crippen MR) is 136 cm³/mol. The van der Waals surface area contributed by atoms with Crippen LogP contribution < -0.4 is 9.64 Å². The predicted octanol–water partition coefficient (Wildman–Crippen LogP) is 4.65. The van der Waals surface area contributed by atoms with Gasteiger partial charge >= 0.3 is 0 Å². The monoisotopic (exact) mass is 483 g/mol. The molecule has 7 heteroatoms. The van der Waals surface area contributed by atoms with E-state index in [2.05, 4.69) is 17.0 Å². The van der Waals surface area contributed by atoms with Gasteiger partial charge in [-0.15, -0.1) is 12.4 Å². The number of ether oxygens (including phenoxy) is 1. The van der Waals surface area contributed by atoms with Crippen molar-refractivity contribution >= 4 is 29.9 Å². The second kappa shape index (κ2) is 11.2. The van der Waals surface area contributed by atoms with Gasteiger partial charge in [-0.05, 0) is 86.3 Å². The normalized spacial score (nSPS) is 18.1. The van der Waals surface area contributed by atoms with Crippen LogP contribution in [0.4, 0.5) is 5.69 Å². The lowest BCUT2D eigenvalue weighted by Gasteiger charge is -2.26. The van der Waals surface area contributed by atoms with Crippen molar-refractivity contribution in [3.05, 3.63) is 59.2 Å². The lowest BCUT2D eigenvalue weighted by atomic mass is 10.1. The van der Waals surface area contributed by atoms with E-state index in [1.165, 1.54) is 32.4 Å². The van der Waals surface area contributed by atoms with Crippen molar-refractivity contribution in [2.45, 2.75) is 51.6 Å². The molecule has 0 saturated carbocycles. The van der Waals surface area contributed by atoms with Crippen LogP contribution in [0.3, 0.4) is 0 Å². The molecule has 0 aromatic heterocycles. The molecule has 2 aromatic carbocycles. The van der Waals surface area contributed by atoms with E-state index in [1.54, 1.807) is 0 Å². The van der Waals surface area contributed by atoms with Crippen LogP contribution in [-0.2, 0) is 17.9 Å². The van der Waals surface area contributed by atoms with E-state index in [1.807, 2.05) is 40.1 Å². The van der Waals surface area contributed by atoms with Gasteiger partial charge in [-0.3, -0.25) is 9.59 Å². The fraction of sp³-hybridized carbons (Fsp3) is 0.481. The van der Waals surface area contributed by atoms with E-state index in [4.69, 9.17) is 4.74 Å². The molecule has 182 valence electrons. The van der Waals surface area contributed by atoms with Gasteiger partial charge in [0.25, 0.3) is 5.91 Å². The Morgan fingerprint density at radius 3 is 2.38 bits per heavy atom. The minimum Gasteiger partial charge on any atom is -0.494 e. The Hall–Kier alpha value is -2.57. The smallest absolute Gasteiger partial charge is 0.254 e. The summed E-state index contributed by atoms with van der Waals surface area (Å²) in [5.41, 5.74) is 3.92. The van der Waals surface area contributed by atoms with Gasteiger partial charge in [0, 0.05) is 43.9 Å². The standard InChI is InChI=1S/C27H33N3O3.ClH/c31-26-6-4-16-30(26)24-10-7-22-19-29(20-23(22)18-24)27(32)21-8-11-25(12-9-21)33-17-5-15-28-13-2-1-3-14-28;/h7-12,18H,1-6,13-17,19-20H2;1H. The summed E-state index contributed by atoms with van der Waals surface area (Å²) < 4.78 is 5.89. The third-order valence-corrected chi connectivity index (χ3v) is 7.02. The highest BCUT2D eigenvalue weighted by Gasteiger charge is 2.27. The molecule has 3 aliphatic rings. The maximum Gasteiger partial charge on any atom is 0.254 e. The molecule has 2 fully saturated rings. The minimum atomic E-state index is 0. The Morgan fingerprint density at radius 1 is 0.882 bits per heavy atom. The SMILES string of the molecule is Cl.O=C(c1ccc(OCCCN2CCCCC2)cc1)N1Cc2ccc(N3CCCC3=O)cc2C1. The van der Waals surface area contributed by atoms with Crippen molar-refractivity contribution in [3.63, 3.8) is 0 Å². The zero-order valence-electron chi connectivity index (χ0n) is 19.7. The number of likely N-dealkylation sites (tertiary alicyclic amines) is 1. The molecule has 3 heterocycles. The summed E-state index contributed by atoms with van der Waals surface area (Å²) in [7, 11) is 0. The number of fused-ring (bicyclic) bond motifs is 1. The number of benzene rings is 2. The number of hydrogen-bond acceptors (Lipinski definition) is 4. The number of nitrogens with zero attached hydrogens (tertiary/aromatic N) is 3. The number of halogens is 1. The average molecular weight is 484 g/mol. The first-order valence-electron chi connectivity index (χ1n) is 12.3. The van der Waals surface area contributed by atoms with Crippen LogP contribution in [0.5, 0.6) is 5.75 Å². The summed E-state index contributed by atoms with van der Waals surface area (Å²) in [6, 6.07) is 13.7. The molecule has 6 nitrogen and oxygen atoms in total. The Labute approximate surface area is 208 Å². The van der Waals surface area contributed by atoms with Crippen LogP contribution >= 0.6 is 12.4 Å². The van der Waals surface area contributed by atoms with Crippen LogP contribution in [0.25, 0.3) is 0 Å². The van der Waals surface area contributed by atoms with Crippen molar-refractivity contribution in [2.75, 3.05) is 37.7 Å². The third-order valence-electron chi connectivity index (χ3n) is 7.02. The van der Waals surface area contributed by atoms with Gasteiger partial charge in [0.05, 0.1) is 6.61 Å². The fourth-order valence-electron chi connectivity index (χ4n) is 5.15. The largest absolute Gasteiger partial charge is 0.494 e. The second-order valence-corrected chi connectivity index (χ2v) is 9.39. The number of amides is 2. The van der Waals surface area contributed by atoms with Crippen LogP contribution in [0.15, 0.2) is 42.5 Å². The number of carbonyl (C=O) groups excluding carboxylic acids is 2. The van der Waals surface area contributed by atoms with Gasteiger partial charge in [-0.2, -0.15) is 0 Å². The molecule has 0 unspecified atom stereocenters. The molecule has 2 saturated heterocycles. The molecular weight excluding hydrogens is 450 g/mol. The zero-order chi connectivity index (χ0) is 22.6.